The number of hydrogen-bond donors (Lipinski definition) is 2. The number of sulfonamides is 1. The molecule has 1 fully saturated rings. The number of piperidine rings is 1. The summed E-state index contributed by atoms with van der Waals surface area (Å²) in [6.07, 6.45) is 3.43. The van der Waals surface area contributed by atoms with E-state index in [1.54, 1.807) is 32.9 Å². The summed E-state index contributed by atoms with van der Waals surface area (Å²) in [7, 11) is -3.58. The molecule has 1 amide bonds. The molecule has 2 N–H and O–H groups in total. The predicted molar refractivity (Wildman–Crippen MR) is 108 cm³/mol. The quantitative estimate of drug-likeness (QED) is 0.696. The zero-order valence-electron chi connectivity index (χ0n) is 16.9. The van der Waals surface area contributed by atoms with E-state index in [-0.39, 0.29) is 10.8 Å². The van der Waals surface area contributed by atoms with Crippen LogP contribution in [0.4, 0.5) is 0 Å². The monoisotopic (exact) mass is 395 g/mol. The fourth-order valence-electron chi connectivity index (χ4n) is 3.14. The molecule has 0 aliphatic carbocycles. The largest absolute Gasteiger partial charge is 0.352 e. The van der Waals surface area contributed by atoms with Crippen molar-refractivity contribution in [2.45, 2.75) is 57.4 Å². The zero-order chi connectivity index (χ0) is 20.1. The number of benzene rings is 1. The van der Waals surface area contributed by atoms with Gasteiger partial charge in [0.15, 0.2) is 0 Å². The molecule has 0 atom stereocenters. The minimum absolute atomic E-state index is 0.160. The number of likely N-dealkylation sites (tertiary alicyclic amines) is 1. The molecule has 0 bridgehead atoms. The van der Waals surface area contributed by atoms with Crippen molar-refractivity contribution in [2.75, 3.05) is 26.2 Å². The molecule has 0 radical (unpaired) electrons. The van der Waals surface area contributed by atoms with Gasteiger partial charge in [-0.25, -0.2) is 13.1 Å². The van der Waals surface area contributed by atoms with Gasteiger partial charge in [0.25, 0.3) is 5.91 Å². The van der Waals surface area contributed by atoms with Crippen LogP contribution in [0.15, 0.2) is 29.2 Å². The molecule has 1 aromatic rings. The van der Waals surface area contributed by atoms with Gasteiger partial charge in [-0.05, 0) is 89.9 Å². The van der Waals surface area contributed by atoms with E-state index in [2.05, 4.69) is 21.9 Å². The summed E-state index contributed by atoms with van der Waals surface area (Å²) in [5, 5.41) is 2.91. The third-order valence-corrected chi connectivity index (χ3v) is 6.45. The Hall–Kier alpha value is -1.44. The van der Waals surface area contributed by atoms with E-state index in [1.165, 1.54) is 25.0 Å². The smallest absolute Gasteiger partial charge is 0.251 e. The van der Waals surface area contributed by atoms with Gasteiger partial charge in [-0.3, -0.25) is 4.79 Å². The minimum Gasteiger partial charge on any atom is -0.352 e. The Kier molecular flexibility index (Phi) is 7.42. The van der Waals surface area contributed by atoms with Gasteiger partial charge in [-0.1, -0.05) is 6.92 Å². The molecule has 0 aromatic heterocycles. The fraction of sp³-hybridized carbons (Fsp3) is 0.650. The van der Waals surface area contributed by atoms with E-state index in [0.29, 0.717) is 12.1 Å². The lowest BCUT2D eigenvalue weighted by Crippen LogP contribution is -2.40. The number of carbonyl (C=O) groups excluding carboxylic acids is 1. The Bertz CT molecular complexity index is 716. The Morgan fingerprint density at radius 3 is 2.30 bits per heavy atom. The maximum absolute atomic E-state index is 12.3. The van der Waals surface area contributed by atoms with Gasteiger partial charge in [-0.15, -0.1) is 0 Å². The Balaban J connectivity index is 1.80. The Morgan fingerprint density at radius 1 is 1.15 bits per heavy atom. The lowest BCUT2D eigenvalue weighted by atomic mass is 9.99. The van der Waals surface area contributed by atoms with E-state index >= 15 is 0 Å². The topological polar surface area (TPSA) is 78.5 Å². The average Bonchev–Trinajstić information content (AvgIpc) is 2.58. The molecule has 0 unspecified atom stereocenters. The van der Waals surface area contributed by atoms with Crippen molar-refractivity contribution in [3.05, 3.63) is 29.8 Å². The molecule has 1 saturated heterocycles. The highest BCUT2D eigenvalue weighted by Gasteiger charge is 2.22. The molecule has 0 saturated carbocycles. The number of amides is 1. The van der Waals surface area contributed by atoms with Crippen molar-refractivity contribution in [1.29, 1.82) is 0 Å². The van der Waals surface area contributed by atoms with Gasteiger partial charge in [0, 0.05) is 17.6 Å². The molecule has 7 heteroatoms. The van der Waals surface area contributed by atoms with Gasteiger partial charge >= 0.3 is 0 Å². The minimum atomic E-state index is -3.58. The van der Waals surface area contributed by atoms with Crippen LogP contribution in [0.3, 0.4) is 0 Å². The number of nitrogens with zero attached hydrogens (tertiary/aromatic N) is 1. The summed E-state index contributed by atoms with van der Waals surface area (Å²) in [5.41, 5.74) is -0.0853. The van der Waals surface area contributed by atoms with Crippen LogP contribution in [0.2, 0.25) is 0 Å². The SMILES string of the molecule is CC1CCN(CCCNC(=O)c2ccc(S(=O)(=O)NC(C)(C)C)cc2)CC1. The van der Waals surface area contributed by atoms with Gasteiger partial charge in [0.05, 0.1) is 4.90 Å². The molecule has 0 spiro atoms. The maximum atomic E-state index is 12.3. The molecule has 1 aromatic carbocycles. The molecular weight excluding hydrogens is 362 g/mol. The van der Waals surface area contributed by atoms with Crippen LogP contribution in [0.25, 0.3) is 0 Å². The van der Waals surface area contributed by atoms with Crippen LogP contribution in [-0.4, -0.2) is 50.9 Å². The van der Waals surface area contributed by atoms with E-state index in [4.69, 9.17) is 0 Å². The van der Waals surface area contributed by atoms with Crippen molar-refractivity contribution in [2.24, 2.45) is 5.92 Å². The normalized spacial score (nSPS) is 17.0. The first-order valence-electron chi connectivity index (χ1n) is 9.71. The molecule has 2 rings (SSSR count). The summed E-state index contributed by atoms with van der Waals surface area (Å²) in [5.74, 6) is 0.654. The van der Waals surface area contributed by atoms with Crippen molar-refractivity contribution in [3.63, 3.8) is 0 Å². The predicted octanol–water partition coefficient (Wildman–Crippen LogP) is 2.62. The summed E-state index contributed by atoms with van der Waals surface area (Å²) >= 11 is 0. The molecule has 6 nitrogen and oxygen atoms in total. The summed E-state index contributed by atoms with van der Waals surface area (Å²) in [6.45, 7) is 11.6. The maximum Gasteiger partial charge on any atom is 0.251 e. The summed E-state index contributed by atoms with van der Waals surface area (Å²) in [6, 6.07) is 6.05. The lowest BCUT2D eigenvalue weighted by molar-refractivity contribution is 0.0950. The van der Waals surface area contributed by atoms with Crippen LogP contribution in [0.1, 0.15) is 57.3 Å². The Morgan fingerprint density at radius 2 is 1.74 bits per heavy atom. The second-order valence-electron chi connectivity index (χ2n) is 8.51. The number of carbonyl (C=O) groups is 1. The molecule has 152 valence electrons. The standard InChI is InChI=1S/C20H33N3O3S/c1-16-10-14-23(15-11-16)13-5-12-21-19(24)17-6-8-18(9-7-17)27(25,26)22-20(2,3)4/h6-9,16,22H,5,10-15H2,1-4H3,(H,21,24). The lowest BCUT2D eigenvalue weighted by Gasteiger charge is -2.30. The van der Waals surface area contributed by atoms with Crippen molar-refractivity contribution in [3.8, 4) is 0 Å². The third kappa shape index (κ3) is 7.24. The second kappa shape index (κ2) is 9.17. The van der Waals surface area contributed by atoms with Crippen LogP contribution in [0.5, 0.6) is 0 Å². The van der Waals surface area contributed by atoms with Crippen molar-refractivity contribution >= 4 is 15.9 Å². The van der Waals surface area contributed by atoms with Gasteiger partial charge in [0.2, 0.25) is 10.0 Å². The van der Waals surface area contributed by atoms with Crippen molar-refractivity contribution in [1.82, 2.24) is 14.9 Å². The van der Waals surface area contributed by atoms with E-state index in [9.17, 15) is 13.2 Å². The van der Waals surface area contributed by atoms with Gasteiger partial charge in [0.1, 0.15) is 0 Å². The number of nitrogens with one attached hydrogen (secondary N) is 2. The second-order valence-corrected chi connectivity index (χ2v) is 10.2. The molecule has 1 aliphatic heterocycles. The molecular formula is C20H33N3O3S. The van der Waals surface area contributed by atoms with E-state index < -0.39 is 15.6 Å². The highest BCUT2D eigenvalue weighted by molar-refractivity contribution is 7.89. The Labute approximate surface area is 163 Å². The first-order chi connectivity index (χ1) is 12.6. The molecule has 27 heavy (non-hydrogen) atoms. The van der Waals surface area contributed by atoms with Crippen LogP contribution in [0, 0.1) is 5.92 Å². The summed E-state index contributed by atoms with van der Waals surface area (Å²) < 4.78 is 27.2. The van der Waals surface area contributed by atoms with Crippen LogP contribution in [-0.2, 0) is 10.0 Å². The van der Waals surface area contributed by atoms with Crippen molar-refractivity contribution < 1.29 is 13.2 Å². The first kappa shape index (κ1) is 21.9. The van der Waals surface area contributed by atoms with E-state index in [0.717, 1.165) is 32.0 Å². The molecule has 1 aliphatic rings. The van der Waals surface area contributed by atoms with Crippen LogP contribution >= 0.6 is 0 Å². The molecule has 1 heterocycles. The average molecular weight is 396 g/mol. The number of hydrogen-bond acceptors (Lipinski definition) is 4. The van der Waals surface area contributed by atoms with E-state index in [1.807, 2.05) is 0 Å². The van der Waals surface area contributed by atoms with Gasteiger partial charge < -0.3 is 10.2 Å². The highest BCUT2D eigenvalue weighted by atomic mass is 32.2. The van der Waals surface area contributed by atoms with Crippen LogP contribution < -0.4 is 10.0 Å². The van der Waals surface area contributed by atoms with Gasteiger partial charge in [-0.2, -0.15) is 0 Å². The zero-order valence-corrected chi connectivity index (χ0v) is 17.7. The third-order valence-electron chi connectivity index (χ3n) is 4.68. The summed E-state index contributed by atoms with van der Waals surface area (Å²) in [4.78, 5) is 14.9. The first-order valence-corrected chi connectivity index (χ1v) is 11.2. The number of rotatable bonds is 7. The highest BCUT2D eigenvalue weighted by Crippen LogP contribution is 2.16. The fourth-order valence-corrected chi connectivity index (χ4v) is 4.56.